The molecule has 2 aromatic rings. The smallest absolute Gasteiger partial charge is 0.454 e. The third kappa shape index (κ3) is 5.37. The molecule has 3 rings (SSSR count). The Labute approximate surface area is 161 Å². The van der Waals surface area contributed by atoms with Crippen molar-refractivity contribution in [2.75, 3.05) is 18.5 Å². The Hall–Kier alpha value is -3.76. The van der Waals surface area contributed by atoms with E-state index >= 15 is 0 Å². The van der Waals surface area contributed by atoms with Crippen molar-refractivity contribution >= 4 is 23.5 Å². The van der Waals surface area contributed by atoms with Gasteiger partial charge in [0.15, 0.2) is 18.1 Å². The Morgan fingerprint density at radius 3 is 2.41 bits per heavy atom. The lowest BCUT2D eigenvalue weighted by Crippen LogP contribution is -2.32. The van der Waals surface area contributed by atoms with Crippen molar-refractivity contribution in [3.05, 3.63) is 53.8 Å². The summed E-state index contributed by atoms with van der Waals surface area (Å²) in [5.41, 5.74) is 0.265. The summed E-state index contributed by atoms with van der Waals surface area (Å²) in [6.07, 6.45) is -3.78. The molecule has 0 saturated heterocycles. The van der Waals surface area contributed by atoms with Crippen LogP contribution in [0.4, 0.5) is 18.9 Å². The Morgan fingerprint density at radius 1 is 1.00 bits per heavy atom. The Bertz CT molecular complexity index is 949. The number of benzene rings is 2. The SMILES string of the molecule is O=C(COC(=O)CNC(=O)c1ccc(F)cc1)Nc1ccc2c(c1)OC(F)(F)O2. The molecule has 8 nitrogen and oxygen atoms in total. The standard InChI is InChI=1S/C18H13F3N2O6/c19-11-3-1-10(2-4-11)17(26)22-8-16(25)27-9-15(24)23-12-5-6-13-14(7-12)29-18(20,21)28-13/h1-7H,8-9H2,(H,22,26)(H,23,24). The van der Waals surface area contributed by atoms with Crippen LogP contribution in [0.3, 0.4) is 0 Å². The van der Waals surface area contributed by atoms with Crippen LogP contribution in [0, 0.1) is 5.82 Å². The number of fused-ring (bicyclic) bond motifs is 1. The van der Waals surface area contributed by atoms with Gasteiger partial charge in [-0.05, 0) is 36.4 Å². The summed E-state index contributed by atoms with van der Waals surface area (Å²) >= 11 is 0. The molecule has 0 atom stereocenters. The number of anilines is 1. The number of rotatable bonds is 6. The van der Waals surface area contributed by atoms with Crippen LogP contribution in [0.25, 0.3) is 0 Å². The van der Waals surface area contributed by atoms with Gasteiger partial charge in [-0.2, -0.15) is 0 Å². The van der Waals surface area contributed by atoms with E-state index in [0.29, 0.717) is 0 Å². The number of carbonyl (C=O) groups excluding carboxylic acids is 3. The van der Waals surface area contributed by atoms with Gasteiger partial charge in [-0.1, -0.05) is 0 Å². The zero-order valence-electron chi connectivity index (χ0n) is 14.5. The fraction of sp³-hybridized carbons (Fsp3) is 0.167. The van der Waals surface area contributed by atoms with Gasteiger partial charge in [0, 0.05) is 17.3 Å². The van der Waals surface area contributed by atoms with Crippen LogP contribution in [0.5, 0.6) is 11.5 Å². The second-order valence-electron chi connectivity index (χ2n) is 5.73. The maximum Gasteiger partial charge on any atom is 0.586 e. The molecule has 0 aliphatic carbocycles. The van der Waals surface area contributed by atoms with Crippen molar-refractivity contribution in [2.45, 2.75) is 6.29 Å². The highest BCUT2D eigenvalue weighted by molar-refractivity contribution is 5.96. The van der Waals surface area contributed by atoms with Crippen LogP contribution in [0.15, 0.2) is 42.5 Å². The number of alkyl halides is 2. The van der Waals surface area contributed by atoms with E-state index in [4.69, 9.17) is 4.74 Å². The van der Waals surface area contributed by atoms with Gasteiger partial charge in [-0.15, -0.1) is 8.78 Å². The van der Waals surface area contributed by atoms with Gasteiger partial charge in [-0.25, -0.2) is 4.39 Å². The lowest BCUT2D eigenvalue weighted by Gasteiger charge is -2.08. The van der Waals surface area contributed by atoms with Crippen molar-refractivity contribution in [3.8, 4) is 11.5 Å². The van der Waals surface area contributed by atoms with Crippen molar-refractivity contribution in [3.63, 3.8) is 0 Å². The number of hydrogen-bond donors (Lipinski definition) is 2. The topological polar surface area (TPSA) is 103 Å². The van der Waals surface area contributed by atoms with Crippen LogP contribution in [0.2, 0.25) is 0 Å². The predicted molar refractivity (Wildman–Crippen MR) is 91.0 cm³/mol. The zero-order chi connectivity index (χ0) is 21.0. The summed E-state index contributed by atoms with van der Waals surface area (Å²) in [7, 11) is 0. The maximum absolute atomic E-state index is 13.0. The number of halogens is 3. The lowest BCUT2D eigenvalue weighted by molar-refractivity contribution is -0.286. The van der Waals surface area contributed by atoms with E-state index in [2.05, 4.69) is 20.1 Å². The van der Waals surface area contributed by atoms with Crippen LogP contribution >= 0.6 is 0 Å². The minimum Gasteiger partial charge on any atom is -0.454 e. The van der Waals surface area contributed by atoms with Crippen molar-refractivity contribution in [2.24, 2.45) is 0 Å². The van der Waals surface area contributed by atoms with E-state index in [9.17, 15) is 27.6 Å². The molecule has 2 aromatic carbocycles. The van der Waals surface area contributed by atoms with E-state index in [1.807, 2.05) is 0 Å². The van der Waals surface area contributed by atoms with E-state index in [-0.39, 0.29) is 22.7 Å². The average Bonchev–Trinajstić information content (AvgIpc) is 2.98. The molecule has 0 unspecified atom stereocenters. The number of amides is 2. The maximum atomic E-state index is 13.0. The van der Waals surface area contributed by atoms with Crippen molar-refractivity contribution in [1.82, 2.24) is 5.32 Å². The quantitative estimate of drug-likeness (QED) is 0.707. The molecule has 0 aromatic heterocycles. The summed E-state index contributed by atoms with van der Waals surface area (Å²) in [6.45, 7) is -1.18. The number of nitrogens with one attached hydrogen (secondary N) is 2. The summed E-state index contributed by atoms with van der Waals surface area (Å²) in [4.78, 5) is 35.2. The molecule has 1 heterocycles. The molecule has 0 saturated carbocycles. The highest BCUT2D eigenvalue weighted by Crippen LogP contribution is 2.42. The first kappa shape index (κ1) is 20.0. The van der Waals surface area contributed by atoms with Crippen LogP contribution in [-0.2, 0) is 14.3 Å². The van der Waals surface area contributed by atoms with Crippen molar-refractivity contribution < 1.29 is 41.8 Å². The molecule has 152 valence electrons. The molecule has 0 spiro atoms. The molecular formula is C18H13F3N2O6. The first-order chi connectivity index (χ1) is 13.7. The molecular weight excluding hydrogens is 397 g/mol. The van der Waals surface area contributed by atoms with Gasteiger partial charge < -0.3 is 24.8 Å². The van der Waals surface area contributed by atoms with E-state index in [0.717, 1.165) is 18.2 Å². The largest absolute Gasteiger partial charge is 0.586 e. The fourth-order valence-electron chi connectivity index (χ4n) is 2.28. The lowest BCUT2D eigenvalue weighted by atomic mass is 10.2. The third-order valence-electron chi connectivity index (χ3n) is 3.55. The van der Waals surface area contributed by atoms with Crippen LogP contribution in [-0.4, -0.2) is 37.2 Å². The molecule has 2 N–H and O–H groups in total. The van der Waals surface area contributed by atoms with E-state index in [1.54, 1.807) is 0 Å². The number of carbonyl (C=O) groups is 3. The Balaban J connectivity index is 1.42. The average molecular weight is 410 g/mol. The third-order valence-corrected chi connectivity index (χ3v) is 3.55. The molecule has 0 radical (unpaired) electrons. The molecule has 0 bridgehead atoms. The summed E-state index contributed by atoms with van der Waals surface area (Å²) in [5, 5.41) is 4.59. The van der Waals surface area contributed by atoms with Gasteiger partial charge in [0.2, 0.25) is 0 Å². The van der Waals surface area contributed by atoms with Gasteiger partial charge in [-0.3, -0.25) is 14.4 Å². The van der Waals surface area contributed by atoms with Gasteiger partial charge >= 0.3 is 12.3 Å². The number of ether oxygens (including phenoxy) is 3. The second-order valence-corrected chi connectivity index (χ2v) is 5.73. The molecule has 11 heteroatoms. The number of esters is 1. The van der Waals surface area contributed by atoms with Gasteiger partial charge in [0.1, 0.15) is 12.4 Å². The minimum atomic E-state index is -3.78. The van der Waals surface area contributed by atoms with Crippen molar-refractivity contribution in [1.29, 1.82) is 0 Å². The number of hydrogen-bond acceptors (Lipinski definition) is 6. The molecule has 1 aliphatic rings. The summed E-state index contributed by atoms with van der Waals surface area (Å²) in [6, 6.07) is 8.27. The Kier molecular flexibility index (Phi) is 5.57. The monoisotopic (exact) mass is 410 g/mol. The van der Waals surface area contributed by atoms with Gasteiger partial charge in [0.05, 0.1) is 0 Å². The summed E-state index contributed by atoms with van der Waals surface area (Å²) in [5.74, 6) is -3.20. The Morgan fingerprint density at radius 2 is 1.69 bits per heavy atom. The minimum absolute atomic E-state index is 0.121. The summed E-state index contributed by atoms with van der Waals surface area (Å²) < 4.78 is 51.9. The highest BCUT2D eigenvalue weighted by Gasteiger charge is 2.43. The molecule has 2 amide bonds. The second kappa shape index (κ2) is 8.09. The molecule has 29 heavy (non-hydrogen) atoms. The van der Waals surface area contributed by atoms with E-state index in [1.165, 1.54) is 24.3 Å². The first-order valence-corrected chi connectivity index (χ1v) is 8.11. The van der Waals surface area contributed by atoms with Crippen LogP contribution < -0.4 is 20.1 Å². The van der Waals surface area contributed by atoms with Crippen LogP contribution in [0.1, 0.15) is 10.4 Å². The normalized spacial score (nSPS) is 13.5. The zero-order valence-corrected chi connectivity index (χ0v) is 14.5. The predicted octanol–water partition coefficient (Wildman–Crippen LogP) is 2.06. The van der Waals surface area contributed by atoms with Gasteiger partial charge in [0.25, 0.3) is 11.8 Å². The molecule has 1 aliphatic heterocycles. The highest BCUT2D eigenvalue weighted by atomic mass is 19.3. The fourth-order valence-corrected chi connectivity index (χ4v) is 2.28. The first-order valence-electron chi connectivity index (χ1n) is 8.11. The van der Waals surface area contributed by atoms with E-state index < -0.39 is 43.0 Å². The molecule has 0 fully saturated rings.